The maximum Gasteiger partial charge on any atom is 0.238 e. The number of hydrogen-bond donors (Lipinski definition) is 1. The van der Waals surface area contributed by atoms with Gasteiger partial charge in [-0.25, -0.2) is 9.37 Å². The van der Waals surface area contributed by atoms with E-state index in [2.05, 4.69) is 26.2 Å². The molecule has 0 aliphatic carbocycles. The number of amides is 1. The van der Waals surface area contributed by atoms with Gasteiger partial charge in [-0.15, -0.1) is 11.3 Å². The summed E-state index contributed by atoms with van der Waals surface area (Å²) >= 11 is 1.56. The van der Waals surface area contributed by atoms with E-state index in [9.17, 15) is 9.18 Å². The standard InChI is InChI=1S/C23H27FN4OS/c1-16-4-6-19(17(2)12-16)25-22(29)14-27-8-3-9-28(11-10-27)15-23-26-20-7-5-18(24)13-21(20)30-23/h4-7,12-13H,3,8-11,14-15H2,1-2H3,(H,25,29). The fourth-order valence-electron chi connectivity index (χ4n) is 3.89. The van der Waals surface area contributed by atoms with Gasteiger partial charge in [0.2, 0.25) is 5.91 Å². The van der Waals surface area contributed by atoms with E-state index in [0.717, 1.165) is 65.6 Å². The van der Waals surface area contributed by atoms with Crippen LogP contribution in [0.5, 0.6) is 0 Å². The van der Waals surface area contributed by atoms with E-state index < -0.39 is 0 Å². The minimum Gasteiger partial charge on any atom is -0.325 e. The molecule has 1 aliphatic heterocycles. The minimum atomic E-state index is -0.220. The van der Waals surface area contributed by atoms with Gasteiger partial charge in [-0.1, -0.05) is 17.7 Å². The second kappa shape index (κ2) is 9.20. The van der Waals surface area contributed by atoms with E-state index in [1.54, 1.807) is 23.5 Å². The van der Waals surface area contributed by atoms with Gasteiger partial charge >= 0.3 is 0 Å². The molecule has 1 aliphatic rings. The normalized spacial score (nSPS) is 16.0. The van der Waals surface area contributed by atoms with Crippen LogP contribution in [0.1, 0.15) is 22.6 Å². The third-order valence-corrected chi connectivity index (χ3v) is 6.46. The van der Waals surface area contributed by atoms with Crippen molar-refractivity contribution >= 4 is 33.1 Å². The maximum atomic E-state index is 13.4. The zero-order valence-corrected chi connectivity index (χ0v) is 18.3. The van der Waals surface area contributed by atoms with Crippen LogP contribution in [0.2, 0.25) is 0 Å². The van der Waals surface area contributed by atoms with Gasteiger partial charge in [0.1, 0.15) is 10.8 Å². The number of aromatic nitrogens is 1. The van der Waals surface area contributed by atoms with Crippen LogP contribution in [0.3, 0.4) is 0 Å². The number of hydrogen-bond acceptors (Lipinski definition) is 5. The van der Waals surface area contributed by atoms with E-state index in [-0.39, 0.29) is 11.7 Å². The molecule has 1 fully saturated rings. The topological polar surface area (TPSA) is 48.5 Å². The fraction of sp³-hybridized carbons (Fsp3) is 0.391. The lowest BCUT2D eigenvalue weighted by molar-refractivity contribution is -0.117. The van der Waals surface area contributed by atoms with Crippen LogP contribution >= 0.6 is 11.3 Å². The van der Waals surface area contributed by atoms with E-state index in [4.69, 9.17) is 0 Å². The SMILES string of the molecule is Cc1ccc(NC(=O)CN2CCCN(Cc3nc4ccc(F)cc4s3)CC2)c(C)c1. The molecule has 158 valence electrons. The molecule has 0 unspecified atom stereocenters. The van der Waals surface area contributed by atoms with Gasteiger partial charge in [0.05, 0.1) is 23.3 Å². The van der Waals surface area contributed by atoms with Crippen molar-refractivity contribution < 1.29 is 9.18 Å². The van der Waals surface area contributed by atoms with Crippen LogP contribution in [-0.4, -0.2) is 53.4 Å². The Morgan fingerprint density at radius 1 is 1.10 bits per heavy atom. The first-order valence-corrected chi connectivity index (χ1v) is 11.1. The van der Waals surface area contributed by atoms with Crippen molar-refractivity contribution in [2.75, 3.05) is 38.0 Å². The number of anilines is 1. The predicted molar refractivity (Wildman–Crippen MR) is 120 cm³/mol. The number of rotatable bonds is 5. The number of nitrogens with zero attached hydrogens (tertiary/aromatic N) is 3. The zero-order chi connectivity index (χ0) is 21.1. The number of benzene rings is 2. The Hall–Kier alpha value is -2.35. The monoisotopic (exact) mass is 426 g/mol. The molecular formula is C23H27FN4OS. The Kier molecular flexibility index (Phi) is 6.41. The van der Waals surface area contributed by atoms with Gasteiger partial charge in [0.25, 0.3) is 0 Å². The molecule has 3 aromatic rings. The second-order valence-electron chi connectivity index (χ2n) is 7.99. The van der Waals surface area contributed by atoms with Crippen LogP contribution in [0.15, 0.2) is 36.4 Å². The quantitative estimate of drug-likeness (QED) is 0.664. The third kappa shape index (κ3) is 5.22. The van der Waals surface area contributed by atoms with Crippen molar-refractivity contribution in [2.45, 2.75) is 26.8 Å². The van der Waals surface area contributed by atoms with Crippen LogP contribution in [0, 0.1) is 19.7 Å². The van der Waals surface area contributed by atoms with E-state index in [0.29, 0.717) is 6.54 Å². The highest BCUT2D eigenvalue weighted by Gasteiger charge is 2.19. The van der Waals surface area contributed by atoms with E-state index in [1.807, 2.05) is 26.0 Å². The average Bonchev–Trinajstić information content (AvgIpc) is 2.95. The Morgan fingerprint density at radius 2 is 1.90 bits per heavy atom. The molecule has 4 rings (SSSR count). The summed E-state index contributed by atoms with van der Waals surface area (Å²) in [5.41, 5.74) is 4.02. The molecule has 0 radical (unpaired) electrons. The number of nitrogens with one attached hydrogen (secondary N) is 1. The molecule has 5 nitrogen and oxygen atoms in total. The second-order valence-corrected chi connectivity index (χ2v) is 9.11. The lowest BCUT2D eigenvalue weighted by atomic mass is 10.1. The van der Waals surface area contributed by atoms with E-state index in [1.165, 1.54) is 11.6 Å². The van der Waals surface area contributed by atoms with Gasteiger partial charge in [0, 0.05) is 18.8 Å². The van der Waals surface area contributed by atoms with Gasteiger partial charge in [0.15, 0.2) is 0 Å². The van der Waals surface area contributed by atoms with Crippen molar-refractivity contribution in [3.8, 4) is 0 Å². The van der Waals surface area contributed by atoms with Crippen molar-refractivity contribution in [3.05, 3.63) is 58.3 Å². The molecular weight excluding hydrogens is 399 g/mol. The number of carbonyl (C=O) groups excluding carboxylic acids is 1. The van der Waals surface area contributed by atoms with Crippen molar-refractivity contribution in [3.63, 3.8) is 0 Å². The maximum absolute atomic E-state index is 13.4. The summed E-state index contributed by atoms with van der Waals surface area (Å²) in [5.74, 6) is -0.189. The fourth-order valence-corrected chi connectivity index (χ4v) is 4.93. The van der Waals surface area contributed by atoms with Crippen LogP contribution in [-0.2, 0) is 11.3 Å². The summed E-state index contributed by atoms with van der Waals surface area (Å²) in [7, 11) is 0. The molecule has 0 spiro atoms. The largest absolute Gasteiger partial charge is 0.325 e. The summed E-state index contributed by atoms with van der Waals surface area (Å²) in [5, 5.41) is 4.05. The summed E-state index contributed by atoms with van der Waals surface area (Å²) in [6, 6.07) is 10.8. The van der Waals surface area contributed by atoms with Gasteiger partial charge in [-0.3, -0.25) is 14.6 Å². The molecule has 2 aromatic carbocycles. The molecule has 30 heavy (non-hydrogen) atoms. The Morgan fingerprint density at radius 3 is 2.73 bits per heavy atom. The Balaban J connectivity index is 1.30. The van der Waals surface area contributed by atoms with Gasteiger partial charge < -0.3 is 5.32 Å². The molecule has 2 heterocycles. The first-order chi connectivity index (χ1) is 14.5. The first-order valence-electron chi connectivity index (χ1n) is 10.3. The van der Waals surface area contributed by atoms with Crippen LogP contribution in [0.25, 0.3) is 10.2 Å². The number of fused-ring (bicyclic) bond motifs is 1. The summed E-state index contributed by atoms with van der Waals surface area (Å²) in [6.45, 7) is 8.85. The molecule has 7 heteroatoms. The number of thiazole rings is 1. The molecule has 1 aromatic heterocycles. The number of aryl methyl sites for hydroxylation is 2. The molecule has 0 bridgehead atoms. The average molecular weight is 427 g/mol. The predicted octanol–water partition coefficient (Wildman–Crippen LogP) is 4.20. The molecule has 0 atom stereocenters. The molecule has 0 saturated carbocycles. The smallest absolute Gasteiger partial charge is 0.238 e. The third-order valence-electron chi connectivity index (χ3n) is 5.46. The summed E-state index contributed by atoms with van der Waals surface area (Å²) < 4.78 is 14.3. The highest BCUT2D eigenvalue weighted by Crippen LogP contribution is 2.24. The summed E-state index contributed by atoms with van der Waals surface area (Å²) in [4.78, 5) is 21.7. The minimum absolute atomic E-state index is 0.0311. The van der Waals surface area contributed by atoms with Crippen LogP contribution < -0.4 is 5.32 Å². The van der Waals surface area contributed by atoms with Crippen molar-refractivity contribution in [2.24, 2.45) is 0 Å². The Labute approximate surface area is 180 Å². The highest BCUT2D eigenvalue weighted by molar-refractivity contribution is 7.18. The summed E-state index contributed by atoms with van der Waals surface area (Å²) in [6.07, 6.45) is 1.01. The van der Waals surface area contributed by atoms with Gasteiger partial charge in [-0.05, 0) is 63.2 Å². The van der Waals surface area contributed by atoms with Crippen LogP contribution in [0.4, 0.5) is 10.1 Å². The zero-order valence-electron chi connectivity index (χ0n) is 17.4. The molecule has 1 N–H and O–H groups in total. The van der Waals surface area contributed by atoms with E-state index >= 15 is 0 Å². The lowest BCUT2D eigenvalue weighted by Crippen LogP contribution is -2.36. The highest BCUT2D eigenvalue weighted by atomic mass is 32.1. The lowest BCUT2D eigenvalue weighted by Gasteiger charge is -2.21. The van der Waals surface area contributed by atoms with Gasteiger partial charge in [-0.2, -0.15) is 0 Å². The van der Waals surface area contributed by atoms with Crippen molar-refractivity contribution in [1.29, 1.82) is 0 Å². The van der Waals surface area contributed by atoms with Crippen molar-refractivity contribution in [1.82, 2.24) is 14.8 Å². The molecule has 1 saturated heterocycles. The Bertz CT molecular complexity index is 1050. The number of halogens is 1. The number of carbonyl (C=O) groups is 1. The first kappa shape index (κ1) is 20.9. The molecule has 1 amide bonds.